The first-order chi connectivity index (χ1) is 12.1. The molecular weight excluding hydrogens is 320 g/mol. The fourth-order valence-electron chi connectivity index (χ4n) is 4.93. The zero-order chi connectivity index (χ0) is 17.6. The van der Waals surface area contributed by atoms with Gasteiger partial charge in [0.25, 0.3) is 0 Å². The first-order valence-electron chi connectivity index (χ1n) is 9.09. The molecule has 4 rings (SSSR count). The van der Waals surface area contributed by atoms with E-state index in [1.807, 2.05) is 18.3 Å². The number of hydrogen-bond acceptors (Lipinski definition) is 3. The number of fused-ring (bicyclic) bond motifs is 2. The molecule has 0 amide bonds. The van der Waals surface area contributed by atoms with Crippen LogP contribution in [0.3, 0.4) is 0 Å². The summed E-state index contributed by atoms with van der Waals surface area (Å²) in [6.45, 7) is 4.33. The van der Waals surface area contributed by atoms with Crippen LogP contribution in [-0.2, 0) is 6.42 Å². The third kappa shape index (κ3) is 2.79. The van der Waals surface area contributed by atoms with Gasteiger partial charge in [-0.05, 0) is 60.8 Å². The molecule has 5 unspecified atom stereocenters. The summed E-state index contributed by atoms with van der Waals surface area (Å²) in [5, 5.41) is 3.58. The second-order valence-electron chi connectivity index (χ2n) is 7.47. The Morgan fingerprint density at radius 2 is 2.00 bits per heavy atom. The molecule has 2 heterocycles. The lowest BCUT2D eigenvalue weighted by atomic mass is 9.75. The topological polar surface area (TPSA) is 37.8 Å². The molecule has 2 saturated carbocycles. The minimum Gasteiger partial charge on any atom is -0.380 e. The summed E-state index contributed by atoms with van der Waals surface area (Å²) in [4.78, 5) is 7.89. The number of nitrogens with zero attached hydrogens (tertiary/aromatic N) is 2. The Balaban J connectivity index is 1.66. The quantitative estimate of drug-likeness (QED) is 0.827. The van der Waals surface area contributed by atoms with Crippen molar-refractivity contribution in [1.29, 1.82) is 0 Å². The number of hydrogen-bond donors (Lipinski definition) is 1. The highest BCUT2D eigenvalue weighted by Gasteiger charge is 2.52. The third-order valence-corrected chi connectivity index (χ3v) is 6.09. The van der Waals surface area contributed by atoms with E-state index < -0.39 is 11.8 Å². The van der Waals surface area contributed by atoms with E-state index in [-0.39, 0.29) is 12.0 Å². The SMILES string of the molecule is CCc1ccc(NC2C3CC(CC3C)C2c2ccnc(F)c2F)cn1. The monoisotopic (exact) mass is 343 g/mol. The van der Waals surface area contributed by atoms with E-state index in [1.165, 1.54) is 6.20 Å². The second-order valence-corrected chi connectivity index (χ2v) is 7.47. The molecule has 25 heavy (non-hydrogen) atoms. The molecule has 0 aromatic carbocycles. The zero-order valence-corrected chi connectivity index (χ0v) is 14.5. The fourth-order valence-corrected chi connectivity index (χ4v) is 4.93. The third-order valence-electron chi connectivity index (χ3n) is 6.09. The van der Waals surface area contributed by atoms with Crippen LogP contribution in [0, 0.1) is 29.5 Å². The molecule has 2 aromatic heterocycles. The molecule has 0 spiro atoms. The number of nitrogens with one attached hydrogen (secondary N) is 1. The van der Waals surface area contributed by atoms with Crippen molar-refractivity contribution in [2.24, 2.45) is 17.8 Å². The number of aromatic nitrogens is 2. The van der Waals surface area contributed by atoms with Crippen LogP contribution in [-0.4, -0.2) is 16.0 Å². The standard InChI is InChI=1S/C20H23F2N3/c1-3-13-4-5-14(10-24-13)25-19-16-9-12(8-11(16)2)17(19)15-6-7-23-20(22)18(15)21/h4-7,10-12,16-17,19,25H,3,8-9H2,1-2H3. The van der Waals surface area contributed by atoms with Gasteiger partial charge in [0.05, 0.1) is 11.9 Å². The summed E-state index contributed by atoms with van der Waals surface area (Å²) in [6, 6.07) is 5.78. The molecule has 2 aromatic rings. The molecular formula is C20H23F2N3. The van der Waals surface area contributed by atoms with E-state index in [0.29, 0.717) is 23.3 Å². The van der Waals surface area contributed by atoms with Crippen molar-refractivity contribution in [2.75, 3.05) is 5.32 Å². The van der Waals surface area contributed by atoms with E-state index in [0.717, 1.165) is 30.6 Å². The maximum atomic E-state index is 14.4. The molecule has 132 valence electrons. The van der Waals surface area contributed by atoms with Crippen molar-refractivity contribution in [3.05, 3.63) is 53.6 Å². The maximum Gasteiger partial charge on any atom is 0.249 e. The first-order valence-corrected chi connectivity index (χ1v) is 9.09. The van der Waals surface area contributed by atoms with Crippen molar-refractivity contribution >= 4 is 5.69 Å². The molecule has 2 aliphatic rings. The Hall–Kier alpha value is -2.04. The summed E-state index contributed by atoms with van der Waals surface area (Å²) in [5.74, 6) is -0.367. The Labute approximate surface area is 146 Å². The second kappa shape index (κ2) is 6.36. The molecule has 3 nitrogen and oxygen atoms in total. The van der Waals surface area contributed by atoms with Gasteiger partial charge in [0.1, 0.15) is 0 Å². The lowest BCUT2D eigenvalue weighted by Gasteiger charge is -2.36. The van der Waals surface area contributed by atoms with Crippen LogP contribution in [0.25, 0.3) is 0 Å². The maximum absolute atomic E-state index is 14.4. The summed E-state index contributed by atoms with van der Waals surface area (Å²) >= 11 is 0. The van der Waals surface area contributed by atoms with Crippen molar-refractivity contribution in [3.63, 3.8) is 0 Å². The molecule has 0 radical (unpaired) electrons. The van der Waals surface area contributed by atoms with E-state index in [2.05, 4.69) is 29.1 Å². The van der Waals surface area contributed by atoms with Gasteiger partial charge in [-0.3, -0.25) is 4.98 Å². The average Bonchev–Trinajstić information content (AvgIpc) is 3.15. The van der Waals surface area contributed by atoms with Gasteiger partial charge in [-0.2, -0.15) is 4.39 Å². The Bertz CT molecular complexity index is 762. The molecule has 2 bridgehead atoms. The van der Waals surface area contributed by atoms with Crippen LogP contribution in [0.15, 0.2) is 30.6 Å². The van der Waals surface area contributed by atoms with E-state index in [1.54, 1.807) is 6.07 Å². The fraction of sp³-hybridized carbons (Fsp3) is 0.500. The van der Waals surface area contributed by atoms with E-state index in [4.69, 9.17) is 0 Å². The van der Waals surface area contributed by atoms with Gasteiger partial charge < -0.3 is 5.32 Å². The Morgan fingerprint density at radius 1 is 1.16 bits per heavy atom. The lowest BCUT2D eigenvalue weighted by Crippen LogP contribution is -2.37. The van der Waals surface area contributed by atoms with Crippen LogP contribution in [0.4, 0.5) is 14.5 Å². The highest BCUT2D eigenvalue weighted by molar-refractivity contribution is 5.45. The van der Waals surface area contributed by atoms with Gasteiger partial charge in [-0.25, -0.2) is 9.37 Å². The van der Waals surface area contributed by atoms with Crippen molar-refractivity contribution in [1.82, 2.24) is 9.97 Å². The number of rotatable bonds is 4. The van der Waals surface area contributed by atoms with E-state index in [9.17, 15) is 8.78 Å². The van der Waals surface area contributed by atoms with Gasteiger partial charge in [0, 0.05) is 23.9 Å². The van der Waals surface area contributed by atoms with Crippen LogP contribution in [0.2, 0.25) is 0 Å². The highest BCUT2D eigenvalue weighted by Crippen LogP contribution is 2.56. The number of anilines is 1. The predicted octanol–water partition coefficient (Wildman–Crippen LogP) is 4.56. The summed E-state index contributed by atoms with van der Waals surface area (Å²) < 4.78 is 28.1. The molecule has 0 aliphatic heterocycles. The minimum absolute atomic E-state index is 0.0236. The van der Waals surface area contributed by atoms with Gasteiger partial charge in [0.2, 0.25) is 5.95 Å². The number of halogens is 2. The number of pyridine rings is 2. The van der Waals surface area contributed by atoms with Gasteiger partial charge in [-0.15, -0.1) is 0 Å². The summed E-state index contributed by atoms with van der Waals surface area (Å²) in [5.41, 5.74) is 2.45. The summed E-state index contributed by atoms with van der Waals surface area (Å²) in [6.07, 6.45) is 6.25. The van der Waals surface area contributed by atoms with E-state index >= 15 is 0 Å². The largest absolute Gasteiger partial charge is 0.380 e. The van der Waals surface area contributed by atoms with Crippen LogP contribution >= 0.6 is 0 Å². The average molecular weight is 343 g/mol. The molecule has 5 heteroatoms. The van der Waals surface area contributed by atoms with Crippen molar-refractivity contribution < 1.29 is 8.78 Å². The smallest absolute Gasteiger partial charge is 0.249 e. The molecule has 2 aliphatic carbocycles. The molecule has 1 N–H and O–H groups in total. The highest BCUT2D eigenvalue weighted by atomic mass is 19.2. The molecule has 0 saturated heterocycles. The zero-order valence-electron chi connectivity index (χ0n) is 14.5. The lowest BCUT2D eigenvalue weighted by molar-refractivity contribution is 0.293. The summed E-state index contributed by atoms with van der Waals surface area (Å²) in [7, 11) is 0. The number of aryl methyl sites for hydroxylation is 1. The normalized spacial score (nSPS) is 30.6. The molecule has 5 atom stereocenters. The van der Waals surface area contributed by atoms with Crippen LogP contribution in [0.5, 0.6) is 0 Å². The first kappa shape index (κ1) is 16.4. The van der Waals surface area contributed by atoms with Crippen LogP contribution < -0.4 is 5.32 Å². The van der Waals surface area contributed by atoms with Crippen LogP contribution in [0.1, 0.15) is 43.9 Å². The van der Waals surface area contributed by atoms with Gasteiger partial charge >= 0.3 is 0 Å². The van der Waals surface area contributed by atoms with Gasteiger partial charge in [-0.1, -0.05) is 13.8 Å². The predicted molar refractivity (Wildman–Crippen MR) is 93.3 cm³/mol. The molecule has 2 fully saturated rings. The van der Waals surface area contributed by atoms with Crippen molar-refractivity contribution in [3.8, 4) is 0 Å². The minimum atomic E-state index is -0.999. The Morgan fingerprint density at radius 3 is 2.72 bits per heavy atom. The van der Waals surface area contributed by atoms with Gasteiger partial charge in [0.15, 0.2) is 5.82 Å². The Kier molecular flexibility index (Phi) is 4.18. The van der Waals surface area contributed by atoms with Crippen molar-refractivity contribution in [2.45, 2.75) is 45.1 Å².